The van der Waals surface area contributed by atoms with Crippen LogP contribution in [0.4, 0.5) is 4.39 Å². The number of amides is 3. The summed E-state index contributed by atoms with van der Waals surface area (Å²) < 4.78 is 13.9. The lowest BCUT2D eigenvalue weighted by molar-refractivity contribution is -0.132. The Morgan fingerprint density at radius 3 is 2.56 bits per heavy atom. The van der Waals surface area contributed by atoms with Gasteiger partial charge in [0, 0.05) is 26.2 Å². The van der Waals surface area contributed by atoms with Crippen LogP contribution in [0.3, 0.4) is 0 Å². The van der Waals surface area contributed by atoms with Crippen LogP contribution in [0.15, 0.2) is 24.3 Å². The van der Waals surface area contributed by atoms with E-state index in [1.165, 1.54) is 25.1 Å². The molecule has 1 aliphatic rings. The number of nitrogens with one attached hydrogen (secondary N) is 2. The van der Waals surface area contributed by atoms with E-state index in [4.69, 9.17) is 5.73 Å². The van der Waals surface area contributed by atoms with Gasteiger partial charge >= 0.3 is 0 Å². The Morgan fingerprint density at radius 2 is 1.96 bits per heavy atom. The van der Waals surface area contributed by atoms with Gasteiger partial charge in [-0.1, -0.05) is 18.2 Å². The first-order valence-electron chi connectivity index (χ1n) is 8.89. The van der Waals surface area contributed by atoms with Crippen molar-refractivity contribution in [2.45, 2.75) is 51.1 Å². The molecule has 1 saturated carbocycles. The summed E-state index contributed by atoms with van der Waals surface area (Å²) in [5, 5.41) is 5.02. The van der Waals surface area contributed by atoms with E-state index in [0.717, 1.165) is 0 Å². The van der Waals surface area contributed by atoms with Crippen LogP contribution in [0.5, 0.6) is 0 Å². The van der Waals surface area contributed by atoms with Crippen molar-refractivity contribution < 1.29 is 23.6 Å². The molecular weight excluding hydrogens is 353 g/mol. The maximum absolute atomic E-state index is 13.9. The number of ketones is 1. The molecule has 0 aliphatic heterocycles. The van der Waals surface area contributed by atoms with Gasteiger partial charge in [0.15, 0.2) is 0 Å². The fourth-order valence-corrected chi connectivity index (χ4v) is 3.36. The number of primary amides is 1. The average molecular weight is 377 g/mol. The van der Waals surface area contributed by atoms with Gasteiger partial charge in [-0.25, -0.2) is 4.39 Å². The summed E-state index contributed by atoms with van der Waals surface area (Å²) in [7, 11) is 0. The summed E-state index contributed by atoms with van der Waals surface area (Å²) in [5.74, 6) is -2.69. The second-order valence-electron chi connectivity index (χ2n) is 6.83. The molecule has 0 heterocycles. The Kier molecular flexibility index (Phi) is 7.04. The molecule has 1 aromatic rings. The zero-order chi connectivity index (χ0) is 20.0. The Labute approximate surface area is 156 Å². The molecule has 146 valence electrons. The summed E-state index contributed by atoms with van der Waals surface area (Å²) in [6, 6.07) is 3.84. The third kappa shape index (κ3) is 5.87. The molecule has 0 bridgehead atoms. The van der Waals surface area contributed by atoms with Gasteiger partial charge in [-0.3, -0.25) is 19.2 Å². The molecular formula is C19H24FN3O4. The average Bonchev–Trinajstić information content (AvgIpc) is 2.60. The Morgan fingerprint density at radius 1 is 1.26 bits per heavy atom. The molecule has 0 radical (unpaired) electrons. The predicted molar refractivity (Wildman–Crippen MR) is 95.8 cm³/mol. The maximum atomic E-state index is 13.9. The third-order valence-electron chi connectivity index (χ3n) is 4.67. The second-order valence-corrected chi connectivity index (χ2v) is 6.83. The van der Waals surface area contributed by atoms with Crippen molar-refractivity contribution in [2.75, 3.05) is 0 Å². The van der Waals surface area contributed by atoms with Crippen molar-refractivity contribution in [1.82, 2.24) is 10.6 Å². The Bertz CT molecular complexity index is 737. The lowest BCUT2D eigenvalue weighted by Crippen LogP contribution is -2.56. The van der Waals surface area contributed by atoms with Gasteiger partial charge in [-0.15, -0.1) is 0 Å². The van der Waals surface area contributed by atoms with E-state index >= 15 is 0 Å². The van der Waals surface area contributed by atoms with E-state index in [-0.39, 0.29) is 30.1 Å². The number of Topliss-reactive ketones (excluding diaryl/α,β-unsaturated/α-hetero) is 1. The summed E-state index contributed by atoms with van der Waals surface area (Å²) in [5.41, 5.74) is 5.69. The van der Waals surface area contributed by atoms with Crippen LogP contribution in [0.25, 0.3) is 0 Å². The monoisotopic (exact) mass is 377 g/mol. The lowest BCUT2D eigenvalue weighted by atomic mass is 9.82. The van der Waals surface area contributed by atoms with Crippen LogP contribution >= 0.6 is 0 Å². The maximum Gasteiger partial charge on any atom is 0.243 e. The fourth-order valence-electron chi connectivity index (χ4n) is 3.36. The fraction of sp³-hybridized carbons (Fsp3) is 0.474. The predicted octanol–water partition coefficient (Wildman–Crippen LogP) is 0.602. The van der Waals surface area contributed by atoms with Gasteiger partial charge in [-0.2, -0.15) is 0 Å². The summed E-state index contributed by atoms with van der Waals surface area (Å²) in [6.07, 6.45) is 1.78. The van der Waals surface area contributed by atoms with Crippen molar-refractivity contribution in [1.29, 1.82) is 0 Å². The summed E-state index contributed by atoms with van der Waals surface area (Å²) in [4.78, 5) is 47.7. The quantitative estimate of drug-likeness (QED) is 0.645. The molecule has 4 N–H and O–H groups in total. The number of hydrogen-bond acceptors (Lipinski definition) is 4. The lowest BCUT2D eigenvalue weighted by Gasteiger charge is -2.29. The van der Waals surface area contributed by atoms with Crippen LogP contribution in [0.1, 0.15) is 38.2 Å². The van der Waals surface area contributed by atoms with Crippen molar-refractivity contribution >= 4 is 23.5 Å². The van der Waals surface area contributed by atoms with Gasteiger partial charge < -0.3 is 16.4 Å². The molecule has 2 rings (SSSR count). The van der Waals surface area contributed by atoms with E-state index in [2.05, 4.69) is 10.6 Å². The Hall–Kier alpha value is -2.77. The number of carbonyl (C=O) groups is 4. The Balaban J connectivity index is 2.15. The standard InChI is InChI=1S/C19H24FN3O4/c1-11(24)22-16(10-12-5-2-3-8-15(12)20)19(27)23-17(18(21)26)13-6-4-7-14(25)9-13/h2-3,5,8,13,16-17H,4,6-7,9-10H2,1H3,(H2,21,26)(H,22,24)(H,23,27)/t13-,16+,17+/m1/s1. The smallest absolute Gasteiger partial charge is 0.243 e. The molecule has 3 atom stereocenters. The molecule has 1 aliphatic carbocycles. The first-order valence-corrected chi connectivity index (χ1v) is 8.89. The van der Waals surface area contributed by atoms with Gasteiger partial charge in [0.05, 0.1) is 0 Å². The van der Waals surface area contributed by atoms with E-state index in [1.807, 2.05) is 0 Å². The van der Waals surface area contributed by atoms with Crippen molar-refractivity contribution in [2.24, 2.45) is 11.7 Å². The SMILES string of the molecule is CC(=O)N[C@@H](Cc1ccccc1F)C(=O)N[C@H](C(N)=O)[C@@H]1CCCC(=O)C1. The van der Waals surface area contributed by atoms with Crippen LogP contribution in [0.2, 0.25) is 0 Å². The van der Waals surface area contributed by atoms with Crippen LogP contribution in [-0.4, -0.2) is 35.6 Å². The summed E-state index contributed by atoms with van der Waals surface area (Å²) >= 11 is 0. The normalized spacial score (nSPS) is 19.0. The zero-order valence-corrected chi connectivity index (χ0v) is 15.2. The van der Waals surface area contributed by atoms with Crippen LogP contribution in [0, 0.1) is 11.7 Å². The highest BCUT2D eigenvalue weighted by atomic mass is 19.1. The molecule has 8 heteroatoms. The highest BCUT2D eigenvalue weighted by Crippen LogP contribution is 2.24. The molecule has 27 heavy (non-hydrogen) atoms. The highest BCUT2D eigenvalue weighted by molar-refractivity contribution is 5.92. The minimum Gasteiger partial charge on any atom is -0.368 e. The highest BCUT2D eigenvalue weighted by Gasteiger charge is 2.34. The topological polar surface area (TPSA) is 118 Å². The second kappa shape index (κ2) is 9.25. The number of nitrogens with two attached hydrogens (primary N) is 1. The van der Waals surface area contributed by atoms with Gasteiger partial charge in [-0.05, 0) is 30.4 Å². The number of hydrogen-bond donors (Lipinski definition) is 3. The van der Waals surface area contributed by atoms with Crippen molar-refractivity contribution in [3.8, 4) is 0 Å². The molecule has 7 nitrogen and oxygen atoms in total. The van der Waals surface area contributed by atoms with Gasteiger partial charge in [0.2, 0.25) is 17.7 Å². The van der Waals surface area contributed by atoms with E-state index in [1.54, 1.807) is 6.07 Å². The molecule has 1 aromatic carbocycles. The van der Waals surface area contributed by atoms with E-state index in [0.29, 0.717) is 19.3 Å². The molecule has 0 saturated heterocycles. The van der Waals surface area contributed by atoms with Crippen LogP contribution < -0.4 is 16.4 Å². The van der Waals surface area contributed by atoms with E-state index < -0.39 is 35.6 Å². The number of halogens is 1. The van der Waals surface area contributed by atoms with Crippen LogP contribution in [-0.2, 0) is 25.6 Å². The largest absolute Gasteiger partial charge is 0.368 e. The first-order chi connectivity index (χ1) is 12.8. The summed E-state index contributed by atoms with van der Waals surface area (Å²) in [6.45, 7) is 1.24. The van der Waals surface area contributed by atoms with E-state index in [9.17, 15) is 23.6 Å². The van der Waals surface area contributed by atoms with Crippen molar-refractivity contribution in [3.63, 3.8) is 0 Å². The number of rotatable bonds is 7. The van der Waals surface area contributed by atoms with Crippen molar-refractivity contribution in [3.05, 3.63) is 35.6 Å². The number of carbonyl (C=O) groups excluding carboxylic acids is 4. The third-order valence-corrected chi connectivity index (χ3v) is 4.67. The first kappa shape index (κ1) is 20.5. The molecule has 0 spiro atoms. The van der Waals surface area contributed by atoms with Gasteiger partial charge in [0.25, 0.3) is 0 Å². The molecule has 1 fully saturated rings. The van der Waals surface area contributed by atoms with Gasteiger partial charge in [0.1, 0.15) is 23.7 Å². The minimum atomic E-state index is -1.07. The zero-order valence-electron chi connectivity index (χ0n) is 15.2. The minimum absolute atomic E-state index is 0.0246. The molecule has 0 unspecified atom stereocenters. The molecule has 3 amide bonds. The number of benzene rings is 1. The molecule has 0 aromatic heterocycles.